The normalized spacial score (nSPS) is 10.9. The van der Waals surface area contributed by atoms with E-state index < -0.39 is 0 Å². The maximum Gasteiger partial charge on any atom is 0.321 e. The fourth-order valence-electron chi connectivity index (χ4n) is 3.15. The number of rotatable bonds is 6. The highest BCUT2D eigenvalue weighted by Gasteiger charge is 2.15. The van der Waals surface area contributed by atoms with E-state index in [4.69, 9.17) is 0 Å². The number of benzene rings is 1. The molecule has 0 fully saturated rings. The van der Waals surface area contributed by atoms with Crippen LogP contribution in [-0.2, 0) is 6.54 Å². The highest BCUT2D eigenvalue weighted by molar-refractivity contribution is 7.22. The number of fused-ring (bicyclic) bond motifs is 1. The van der Waals surface area contributed by atoms with Gasteiger partial charge in [0.2, 0.25) is 0 Å². The van der Waals surface area contributed by atoms with Crippen molar-refractivity contribution in [1.82, 2.24) is 25.6 Å². The summed E-state index contributed by atoms with van der Waals surface area (Å²) in [7, 11) is 1.90. The van der Waals surface area contributed by atoms with Crippen molar-refractivity contribution in [3.8, 4) is 22.4 Å². The number of amides is 2. The van der Waals surface area contributed by atoms with Crippen molar-refractivity contribution in [2.75, 3.05) is 18.9 Å². The van der Waals surface area contributed by atoms with E-state index in [1.54, 1.807) is 6.20 Å². The molecule has 1 aromatic carbocycles. The van der Waals surface area contributed by atoms with Gasteiger partial charge in [-0.3, -0.25) is 15.3 Å². The van der Waals surface area contributed by atoms with Crippen LogP contribution in [0, 0.1) is 0 Å². The lowest BCUT2D eigenvalue weighted by Crippen LogP contribution is -2.28. The van der Waals surface area contributed by atoms with Crippen LogP contribution in [0.2, 0.25) is 0 Å². The number of hydrogen-bond acceptors (Lipinski definition) is 6. The molecule has 0 aliphatic rings. The zero-order valence-corrected chi connectivity index (χ0v) is 17.6. The lowest BCUT2D eigenvalue weighted by atomic mass is 10.0. The van der Waals surface area contributed by atoms with Crippen molar-refractivity contribution in [3.05, 3.63) is 60.6 Å². The lowest BCUT2D eigenvalue weighted by molar-refractivity contribution is 0.252. The molecule has 0 aliphatic carbocycles. The molecule has 0 atom stereocenters. The number of anilines is 1. The highest BCUT2D eigenvalue weighted by Crippen LogP contribution is 2.38. The van der Waals surface area contributed by atoms with Crippen molar-refractivity contribution in [2.45, 2.75) is 13.5 Å². The van der Waals surface area contributed by atoms with Gasteiger partial charge in [-0.25, -0.2) is 9.78 Å². The number of carbonyl (C=O) groups excluding carboxylic acids is 1. The number of carbonyl (C=O) groups is 1. The fourth-order valence-corrected chi connectivity index (χ4v) is 4.11. The highest BCUT2D eigenvalue weighted by atomic mass is 32.1. The quantitative estimate of drug-likeness (QED) is 0.435. The Morgan fingerprint density at radius 1 is 1.10 bits per heavy atom. The van der Waals surface area contributed by atoms with Crippen molar-refractivity contribution in [3.63, 3.8) is 0 Å². The van der Waals surface area contributed by atoms with E-state index >= 15 is 0 Å². The SMILES string of the molecule is CCNC(=O)Nc1nc2cc(-c3ccc(CNC)nc3)cc(-c3ccccn3)c2s1. The number of urea groups is 1. The molecule has 4 rings (SSSR count). The van der Waals surface area contributed by atoms with Gasteiger partial charge in [-0.05, 0) is 49.9 Å². The molecular weight excluding hydrogens is 396 g/mol. The minimum atomic E-state index is -0.263. The molecule has 3 N–H and O–H groups in total. The molecule has 0 spiro atoms. The summed E-state index contributed by atoms with van der Waals surface area (Å²) in [5.74, 6) is 0. The van der Waals surface area contributed by atoms with Crippen LogP contribution in [-0.4, -0.2) is 34.6 Å². The molecule has 0 radical (unpaired) electrons. The minimum Gasteiger partial charge on any atom is -0.338 e. The van der Waals surface area contributed by atoms with Crippen molar-refractivity contribution < 1.29 is 4.79 Å². The van der Waals surface area contributed by atoms with Gasteiger partial charge in [-0.1, -0.05) is 23.5 Å². The molecule has 8 heteroatoms. The number of thiazole rings is 1. The average Bonchev–Trinajstić information content (AvgIpc) is 3.16. The van der Waals surface area contributed by atoms with Crippen LogP contribution >= 0.6 is 11.3 Å². The predicted molar refractivity (Wildman–Crippen MR) is 122 cm³/mol. The van der Waals surface area contributed by atoms with E-state index in [9.17, 15) is 4.79 Å². The molecule has 152 valence electrons. The van der Waals surface area contributed by atoms with Crippen LogP contribution in [0.15, 0.2) is 54.9 Å². The second-order valence-electron chi connectivity index (χ2n) is 6.66. The van der Waals surface area contributed by atoms with Crippen LogP contribution in [0.3, 0.4) is 0 Å². The zero-order valence-electron chi connectivity index (χ0n) is 16.8. The predicted octanol–water partition coefficient (Wildman–Crippen LogP) is 4.28. The van der Waals surface area contributed by atoms with Crippen molar-refractivity contribution in [2.24, 2.45) is 0 Å². The first-order valence-corrected chi connectivity index (χ1v) is 10.5. The topological polar surface area (TPSA) is 91.8 Å². The van der Waals surface area contributed by atoms with Gasteiger partial charge < -0.3 is 10.6 Å². The van der Waals surface area contributed by atoms with E-state index in [0.29, 0.717) is 11.7 Å². The Kier molecular flexibility index (Phi) is 5.97. The second kappa shape index (κ2) is 8.98. The Balaban J connectivity index is 1.80. The van der Waals surface area contributed by atoms with E-state index in [0.717, 1.165) is 44.8 Å². The molecule has 0 bridgehead atoms. The molecular formula is C22H22N6OS. The Hall–Kier alpha value is -3.36. The van der Waals surface area contributed by atoms with E-state index in [1.807, 2.05) is 50.5 Å². The first-order valence-electron chi connectivity index (χ1n) is 9.68. The maximum atomic E-state index is 11.9. The monoisotopic (exact) mass is 418 g/mol. The average molecular weight is 419 g/mol. The summed E-state index contributed by atoms with van der Waals surface area (Å²) in [6.45, 7) is 3.15. The van der Waals surface area contributed by atoms with Crippen LogP contribution in [0.1, 0.15) is 12.6 Å². The Labute approximate surface area is 178 Å². The standard InChI is InChI=1S/C22H22N6OS/c1-3-24-21(29)28-22-27-19-11-15(14-7-8-16(13-23-2)26-12-14)10-17(20(19)30-22)18-6-4-5-9-25-18/h4-12,23H,3,13H2,1-2H3,(H2,24,27,28,29). The van der Waals surface area contributed by atoms with Gasteiger partial charge in [0, 0.05) is 36.6 Å². The van der Waals surface area contributed by atoms with Gasteiger partial charge in [-0.2, -0.15) is 0 Å². The molecule has 4 aromatic rings. The van der Waals surface area contributed by atoms with Crippen molar-refractivity contribution >= 4 is 32.7 Å². The van der Waals surface area contributed by atoms with E-state index in [-0.39, 0.29) is 6.03 Å². The smallest absolute Gasteiger partial charge is 0.321 e. The molecule has 2 amide bonds. The van der Waals surface area contributed by atoms with Gasteiger partial charge >= 0.3 is 6.03 Å². The number of hydrogen-bond donors (Lipinski definition) is 3. The molecule has 0 unspecified atom stereocenters. The molecule has 3 aromatic heterocycles. The third-order valence-corrected chi connectivity index (χ3v) is 5.52. The number of nitrogens with one attached hydrogen (secondary N) is 3. The molecule has 0 saturated heterocycles. The summed E-state index contributed by atoms with van der Waals surface area (Å²) < 4.78 is 0.976. The molecule has 0 aliphatic heterocycles. The van der Waals surface area contributed by atoms with Gasteiger partial charge in [0.15, 0.2) is 5.13 Å². The van der Waals surface area contributed by atoms with Crippen LogP contribution in [0.25, 0.3) is 32.6 Å². The molecule has 3 heterocycles. The van der Waals surface area contributed by atoms with Crippen LogP contribution in [0.5, 0.6) is 0 Å². The first-order chi connectivity index (χ1) is 14.7. The summed E-state index contributed by atoms with van der Waals surface area (Å²) in [6, 6.07) is 13.8. The number of aromatic nitrogens is 3. The van der Waals surface area contributed by atoms with Gasteiger partial charge in [-0.15, -0.1) is 0 Å². The molecule has 0 saturated carbocycles. The van der Waals surface area contributed by atoms with Crippen molar-refractivity contribution in [1.29, 1.82) is 0 Å². The van der Waals surface area contributed by atoms with Crippen LogP contribution < -0.4 is 16.0 Å². The van der Waals surface area contributed by atoms with E-state index in [1.165, 1.54) is 11.3 Å². The lowest BCUT2D eigenvalue weighted by Gasteiger charge is -2.08. The second-order valence-corrected chi connectivity index (χ2v) is 7.66. The summed E-state index contributed by atoms with van der Waals surface area (Å²) >= 11 is 1.44. The van der Waals surface area contributed by atoms with Crippen LogP contribution in [0.4, 0.5) is 9.93 Å². The number of pyridine rings is 2. The van der Waals surface area contributed by atoms with Gasteiger partial charge in [0.05, 0.1) is 21.6 Å². The van der Waals surface area contributed by atoms with Gasteiger partial charge in [0.1, 0.15) is 0 Å². The summed E-state index contributed by atoms with van der Waals surface area (Å²) in [5.41, 5.74) is 5.63. The largest absolute Gasteiger partial charge is 0.338 e. The fraction of sp³-hybridized carbons (Fsp3) is 0.182. The summed E-state index contributed by atoms with van der Waals surface area (Å²) in [5, 5.41) is 9.19. The third-order valence-electron chi connectivity index (χ3n) is 4.50. The Bertz CT molecular complexity index is 1160. The molecule has 7 nitrogen and oxygen atoms in total. The number of nitrogens with zero attached hydrogens (tertiary/aromatic N) is 3. The maximum absolute atomic E-state index is 11.9. The third kappa shape index (κ3) is 4.29. The minimum absolute atomic E-state index is 0.263. The summed E-state index contributed by atoms with van der Waals surface area (Å²) in [4.78, 5) is 25.6. The summed E-state index contributed by atoms with van der Waals surface area (Å²) in [6.07, 6.45) is 3.65. The Morgan fingerprint density at radius 3 is 2.70 bits per heavy atom. The van der Waals surface area contributed by atoms with Gasteiger partial charge in [0.25, 0.3) is 0 Å². The molecule has 30 heavy (non-hydrogen) atoms. The first kappa shape index (κ1) is 19.9. The zero-order chi connectivity index (χ0) is 20.9. The Morgan fingerprint density at radius 2 is 2.00 bits per heavy atom. The van der Waals surface area contributed by atoms with E-state index in [2.05, 4.69) is 43.0 Å².